The van der Waals surface area contributed by atoms with E-state index in [1.807, 2.05) is 16.8 Å². The van der Waals surface area contributed by atoms with Gasteiger partial charge >= 0.3 is 0 Å². The van der Waals surface area contributed by atoms with Crippen LogP contribution < -0.4 is 10.5 Å². The number of benzene rings is 1. The molecule has 108 valence electrons. The van der Waals surface area contributed by atoms with Crippen molar-refractivity contribution in [1.29, 1.82) is 0 Å². The van der Waals surface area contributed by atoms with Crippen LogP contribution in [0.25, 0.3) is 0 Å². The molecule has 0 saturated heterocycles. The molecule has 0 spiro atoms. The normalized spacial score (nSPS) is 11.7. The Labute approximate surface area is 125 Å². The van der Waals surface area contributed by atoms with Gasteiger partial charge in [0, 0.05) is 12.2 Å². The van der Waals surface area contributed by atoms with Crippen LogP contribution in [-0.4, -0.2) is 15.0 Å². The third-order valence-corrected chi connectivity index (χ3v) is 5.06. The van der Waals surface area contributed by atoms with Gasteiger partial charge in [0.15, 0.2) is 5.82 Å². The maximum absolute atomic E-state index is 13.8. The van der Waals surface area contributed by atoms with Crippen molar-refractivity contribution < 1.29 is 12.8 Å². The molecule has 0 aliphatic rings. The first-order chi connectivity index (χ1) is 9.40. The van der Waals surface area contributed by atoms with Crippen LogP contribution in [0.15, 0.2) is 33.9 Å². The summed E-state index contributed by atoms with van der Waals surface area (Å²) in [5.74, 6) is -0.996. The highest BCUT2D eigenvalue weighted by Crippen LogP contribution is 2.25. The fraction of sp³-hybridized carbons (Fsp3) is 0.167. The molecular weight excluding hydrogens is 323 g/mol. The summed E-state index contributed by atoms with van der Waals surface area (Å²) in [6.45, 7) is 0.172. The fourth-order valence-electron chi connectivity index (χ4n) is 1.62. The Morgan fingerprint density at radius 1 is 1.40 bits per heavy atom. The van der Waals surface area contributed by atoms with Gasteiger partial charge < -0.3 is 5.73 Å². The van der Waals surface area contributed by atoms with Crippen LogP contribution in [0.4, 0.5) is 10.1 Å². The van der Waals surface area contributed by atoms with Gasteiger partial charge in [-0.15, -0.1) is 0 Å². The van der Waals surface area contributed by atoms with Gasteiger partial charge in [0.1, 0.15) is 4.90 Å². The van der Waals surface area contributed by atoms with Crippen molar-refractivity contribution >= 4 is 38.6 Å². The lowest BCUT2D eigenvalue weighted by Crippen LogP contribution is -2.27. The zero-order valence-electron chi connectivity index (χ0n) is 10.3. The lowest BCUT2D eigenvalue weighted by molar-refractivity contribution is 0.557. The first-order valence-electron chi connectivity index (χ1n) is 5.65. The second-order valence-corrected chi connectivity index (χ2v) is 7.02. The summed E-state index contributed by atoms with van der Waals surface area (Å²) in [4.78, 5) is -0.534. The van der Waals surface area contributed by atoms with Gasteiger partial charge in [-0.1, -0.05) is 11.6 Å². The van der Waals surface area contributed by atoms with Gasteiger partial charge in [-0.05, 0) is 40.9 Å². The Balaban J connectivity index is 2.14. The molecule has 0 fully saturated rings. The molecule has 20 heavy (non-hydrogen) atoms. The molecule has 2 rings (SSSR count). The Morgan fingerprint density at radius 3 is 2.80 bits per heavy atom. The Hall–Kier alpha value is -1.15. The minimum Gasteiger partial charge on any atom is -0.399 e. The summed E-state index contributed by atoms with van der Waals surface area (Å²) in [5.41, 5.74) is 6.60. The van der Waals surface area contributed by atoms with Gasteiger partial charge in [-0.2, -0.15) is 11.3 Å². The number of hydrogen-bond donors (Lipinski definition) is 2. The molecule has 0 bridgehead atoms. The van der Waals surface area contributed by atoms with E-state index < -0.39 is 20.7 Å². The SMILES string of the molecule is Nc1cc(Cl)c(F)c(S(=O)(=O)NCCc2ccsc2)c1. The zero-order valence-corrected chi connectivity index (χ0v) is 12.7. The van der Waals surface area contributed by atoms with E-state index >= 15 is 0 Å². The summed E-state index contributed by atoms with van der Waals surface area (Å²) in [6, 6.07) is 4.12. The molecule has 0 aliphatic heterocycles. The van der Waals surface area contributed by atoms with E-state index in [1.165, 1.54) is 17.4 Å². The molecule has 0 atom stereocenters. The van der Waals surface area contributed by atoms with Crippen molar-refractivity contribution in [3.63, 3.8) is 0 Å². The van der Waals surface area contributed by atoms with Crippen molar-refractivity contribution in [2.75, 3.05) is 12.3 Å². The van der Waals surface area contributed by atoms with Gasteiger partial charge in [0.25, 0.3) is 0 Å². The average Bonchev–Trinajstić information content (AvgIpc) is 2.86. The topological polar surface area (TPSA) is 72.2 Å². The lowest BCUT2D eigenvalue weighted by Gasteiger charge is -2.09. The van der Waals surface area contributed by atoms with Crippen LogP contribution >= 0.6 is 22.9 Å². The third-order valence-electron chi connectivity index (χ3n) is 2.59. The molecule has 8 heteroatoms. The smallest absolute Gasteiger partial charge is 0.243 e. The van der Waals surface area contributed by atoms with Crippen molar-refractivity contribution in [3.05, 3.63) is 45.4 Å². The number of rotatable bonds is 5. The molecule has 0 amide bonds. The molecule has 0 radical (unpaired) electrons. The zero-order chi connectivity index (χ0) is 14.8. The highest BCUT2D eigenvalue weighted by atomic mass is 35.5. The van der Waals surface area contributed by atoms with Crippen LogP contribution in [-0.2, 0) is 16.4 Å². The van der Waals surface area contributed by atoms with Crippen LogP contribution in [0.3, 0.4) is 0 Å². The summed E-state index contributed by atoms with van der Waals surface area (Å²) >= 11 is 7.12. The fourth-order valence-corrected chi connectivity index (χ4v) is 3.77. The van der Waals surface area contributed by atoms with Crippen LogP contribution in [0, 0.1) is 5.82 Å². The number of sulfonamides is 1. The number of nitrogen functional groups attached to an aromatic ring is 1. The molecule has 1 aromatic carbocycles. The maximum Gasteiger partial charge on any atom is 0.243 e. The minimum absolute atomic E-state index is 0.0922. The summed E-state index contributed by atoms with van der Waals surface area (Å²) in [6.07, 6.45) is 0.528. The van der Waals surface area contributed by atoms with Gasteiger partial charge in [-0.3, -0.25) is 0 Å². The highest BCUT2D eigenvalue weighted by molar-refractivity contribution is 7.89. The molecule has 0 saturated carbocycles. The van der Waals surface area contributed by atoms with E-state index in [1.54, 1.807) is 0 Å². The molecule has 4 nitrogen and oxygen atoms in total. The molecule has 0 unspecified atom stereocenters. The predicted octanol–water partition coefficient (Wildman–Crippen LogP) is 2.64. The molecule has 2 aromatic rings. The van der Waals surface area contributed by atoms with E-state index in [4.69, 9.17) is 17.3 Å². The Kier molecular flexibility index (Phi) is 4.64. The largest absolute Gasteiger partial charge is 0.399 e. The second-order valence-electron chi connectivity index (χ2n) is 4.09. The maximum atomic E-state index is 13.8. The standard InChI is InChI=1S/C12H12ClFN2O2S2/c13-10-5-9(15)6-11(12(10)14)20(17,18)16-3-1-8-2-4-19-7-8/h2,4-7,16H,1,3,15H2. The van der Waals surface area contributed by atoms with Crippen molar-refractivity contribution in [3.8, 4) is 0 Å². The van der Waals surface area contributed by atoms with Crippen molar-refractivity contribution in [1.82, 2.24) is 4.72 Å². The quantitative estimate of drug-likeness (QED) is 0.826. The number of anilines is 1. The lowest BCUT2D eigenvalue weighted by atomic mass is 10.2. The van der Waals surface area contributed by atoms with Crippen molar-refractivity contribution in [2.24, 2.45) is 0 Å². The molecule has 0 aliphatic carbocycles. The Morgan fingerprint density at radius 2 is 2.15 bits per heavy atom. The van der Waals surface area contributed by atoms with E-state index in [-0.39, 0.29) is 17.3 Å². The number of nitrogens with two attached hydrogens (primary N) is 1. The van der Waals surface area contributed by atoms with Crippen molar-refractivity contribution in [2.45, 2.75) is 11.3 Å². The monoisotopic (exact) mass is 334 g/mol. The van der Waals surface area contributed by atoms with Gasteiger partial charge in [0.2, 0.25) is 10.0 Å². The van der Waals surface area contributed by atoms with Gasteiger partial charge in [-0.25, -0.2) is 17.5 Å². The first-order valence-corrected chi connectivity index (χ1v) is 8.46. The summed E-state index contributed by atoms with van der Waals surface area (Å²) < 4.78 is 40.2. The Bertz CT molecular complexity index is 702. The molecular formula is C12H12ClFN2O2S2. The molecule has 3 N–H and O–H groups in total. The highest BCUT2D eigenvalue weighted by Gasteiger charge is 2.21. The second kappa shape index (κ2) is 6.09. The number of halogens is 2. The number of thiophene rings is 1. The summed E-state index contributed by atoms with van der Waals surface area (Å²) in [7, 11) is -3.98. The van der Waals surface area contributed by atoms with Crippen LogP contribution in [0.1, 0.15) is 5.56 Å². The summed E-state index contributed by atoms with van der Waals surface area (Å²) in [5, 5.41) is 3.51. The van der Waals surface area contributed by atoms with E-state index in [2.05, 4.69) is 4.72 Å². The first kappa shape index (κ1) is 15.2. The van der Waals surface area contributed by atoms with Crippen LogP contribution in [0.5, 0.6) is 0 Å². The molecule has 1 aromatic heterocycles. The van der Waals surface area contributed by atoms with Gasteiger partial charge in [0.05, 0.1) is 5.02 Å². The minimum atomic E-state index is -3.98. The predicted molar refractivity (Wildman–Crippen MR) is 79.0 cm³/mol. The van der Waals surface area contributed by atoms with E-state index in [9.17, 15) is 12.8 Å². The number of nitrogens with one attached hydrogen (secondary N) is 1. The molecule has 1 heterocycles. The average molecular weight is 335 g/mol. The third kappa shape index (κ3) is 3.49. The van der Waals surface area contributed by atoms with E-state index in [0.717, 1.165) is 11.6 Å². The van der Waals surface area contributed by atoms with E-state index in [0.29, 0.717) is 6.42 Å². The van der Waals surface area contributed by atoms with Crippen LogP contribution in [0.2, 0.25) is 5.02 Å². The number of hydrogen-bond acceptors (Lipinski definition) is 4.